The minimum Gasteiger partial charge on any atom is -0.492 e. The summed E-state index contributed by atoms with van der Waals surface area (Å²) in [4.78, 5) is 22.3. The van der Waals surface area contributed by atoms with E-state index in [0.29, 0.717) is 18.0 Å². The van der Waals surface area contributed by atoms with Crippen molar-refractivity contribution in [2.75, 3.05) is 11.9 Å². The third-order valence-electron chi connectivity index (χ3n) is 2.17. The molecule has 1 rings (SSSR count). The lowest BCUT2D eigenvalue weighted by atomic mass is 10.2. The van der Waals surface area contributed by atoms with Gasteiger partial charge in [0.2, 0.25) is 5.91 Å². The SMILES string of the molecule is CCOc1ccccc1NC(=O)CCC(C)=O. The number of anilines is 1. The maximum atomic E-state index is 11.6. The lowest BCUT2D eigenvalue weighted by molar-refractivity contribution is -0.121. The number of Topliss-reactive ketones (excluding diaryl/α,β-unsaturated/α-hetero) is 1. The normalized spacial score (nSPS) is 9.76. The molecule has 0 bridgehead atoms. The van der Waals surface area contributed by atoms with Crippen LogP contribution in [-0.4, -0.2) is 18.3 Å². The van der Waals surface area contributed by atoms with Gasteiger partial charge in [-0.05, 0) is 26.0 Å². The van der Waals surface area contributed by atoms with E-state index in [2.05, 4.69) is 5.32 Å². The van der Waals surface area contributed by atoms with Crippen LogP contribution in [0.1, 0.15) is 26.7 Å². The van der Waals surface area contributed by atoms with Gasteiger partial charge in [-0.15, -0.1) is 0 Å². The van der Waals surface area contributed by atoms with Crippen molar-refractivity contribution in [1.82, 2.24) is 0 Å². The number of ether oxygens (including phenoxy) is 1. The highest BCUT2D eigenvalue weighted by Crippen LogP contribution is 2.23. The van der Waals surface area contributed by atoms with Crippen molar-refractivity contribution in [2.45, 2.75) is 26.7 Å². The van der Waals surface area contributed by atoms with Crippen LogP contribution in [0.4, 0.5) is 5.69 Å². The number of rotatable bonds is 6. The Morgan fingerprint density at radius 1 is 1.24 bits per heavy atom. The molecule has 0 aromatic heterocycles. The van der Waals surface area contributed by atoms with Gasteiger partial charge in [0.15, 0.2) is 0 Å². The molecule has 0 aliphatic carbocycles. The van der Waals surface area contributed by atoms with Gasteiger partial charge in [-0.1, -0.05) is 12.1 Å². The van der Waals surface area contributed by atoms with E-state index in [9.17, 15) is 9.59 Å². The molecule has 0 atom stereocenters. The van der Waals surface area contributed by atoms with Crippen LogP contribution in [0, 0.1) is 0 Å². The molecule has 1 aromatic rings. The molecule has 1 amide bonds. The average Bonchev–Trinajstić information content (AvgIpc) is 2.29. The molecule has 0 unspecified atom stereocenters. The third-order valence-corrected chi connectivity index (χ3v) is 2.17. The first kappa shape index (κ1) is 13.2. The van der Waals surface area contributed by atoms with Gasteiger partial charge in [0, 0.05) is 12.8 Å². The number of hydrogen-bond donors (Lipinski definition) is 1. The first-order chi connectivity index (χ1) is 8.13. The number of carbonyl (C=O) groups is 2. The Hall–Kier alpha value is -1.84. The van der Waals surface area contributed by atoms with E-state index in [1.165, 1.54) is 6.92 Å². The minimum absolute atomic E-state index is 0.0123. The smallest absolute Gasteiger partial charge is 0.224 e. The first-order valence-electron chi connectivity index (χ1n) is 5.64. The molecule has 1 N–H and O–H groups in total. The van der Waals surface area contributed by atoms with Gasteiger partial charge in [-0.25, -0.2) is 0 Å². The van der Waals surface area contributed by atoms with E-state index in [0.717, 1.165) is 0 Å². The van der Waals surface area contributed by atoms with Crippen LogP contribution in [0.2, 0.25) is 0 Å². The highest BCUT2D eigenvalue weighted by Gasteiger charge is 2.07. The summed E-state index contributed by atoms with van der Waals surface area (Å²) in [6, 6.07) is 7.24. The van der Waals surface area contributed by atoms with E-state index in [1.807, 2.05) is 19.1 Å². The molecule has 1 aromatic carbocycles. The first-order valence-corrected chi connectivity index (χ1v) is 5.64. The number of hydrogen-bond acceptors (Lipinski definition) is 3. The fourth-order valence-corrected chi connectivity index (χ4v) is 1.35. The number of benzene rings is 1. The second-order valence-electron chi connectivity index (χ2n) is 3.68. The topological polar surface area (TPSA) is 55.4 Å². The number of nitrogens with one attached hydrogen (secondary N) is 1. The fraction of sp³-hybridized carbons (Fsp3) is 0.385. The van der Waals surface area contributed by atoms with Crippen molar-refractivity contribution in [2.24, 2.45) is 0 Å². The quantitative estimate of drug-likeness (QED) is 0.823. The van der Waals surface area contributed by atoms with Crippen molar-refractivity contribution in [3.63, 3.8) is 0 Å². The van der Waals surface area contributed by atoms with E-state index < -0.39 is 0 Å². The zero-order valence-corrected chi connectivity index (χ0v) is 10.2. The summed E-state index contributed by atoms with van der Waals surface area (Å²) in [5, 5.41) is 2.73. The van der Waals surface area contributed by atoms with Gasteiger partial charge in [-0.3, -0.25) is 4.79 Å². The molecule has 0 heterocycles. The van der Waals surface area contributed by atoms with Crippen LogP contribution in [0.5, 0.6) is 5.75 Å². The monoisotopic (exact) mass is 235 g/mol. The second-order valence-corrected chi connectivity index (χ2v) is 3.68. The number of amides is 1. The predicted octanol–water partition coefficient (Wildman–Crippen LogP) is 2.39. The van der Waals surface area contributed by atoms with Gasteiger partial charge >= 0.3 is 0 Å². The van der Waals surface area contributed by atoms with Crippen molar-refractivity contribution in [1.29, 1.82) is 0 Å². The standard InChI is InChI=1S/C13H17NO3/c1-3-17-12-7-5-4-6-11(12)14-13(16)9-8-10(2)15/h4-7H,3,8-9H2,1-2H3,(H,14,16). The summed E-state index contributed by atoms with van der Waals surface area (Å²) in [6.07, 6.45) is 0.471. The maximum absolute atomic E-state index is 11.6. The van der Waals surface area contributed by atoms with Crippen molar-refractivity contribution in [3.05, 3.63) is 24.3 Å². The number of ketones is 1. The molecular formula is C13H17NO3. The molecule has 0 spiro atoms. The fourth-order valence-electron chi connectivity index (χ4n) is 1.35. The molecular weight excluding hydrogens is 218 g/mol. The van der Waals surface area contributed by atoms with Crippen LogP contribution in [0.25, 0.3) is 0 Å². The molecule has 4 nitrogen and oxygen atoms in total. The van der Waals surface area contributed by atoms with Gasteiger partial charge < -0.3 is 14.8 Å². The average molecular weight is 235 g/mol. The molecule has 4 heteroatoms. The predicted molar refractivity (Wildman–Crippen MR) is 66.2 cm³/mol. The third kappa shape index (κ3) is 4.68. The molecule has 0 fully saturated rings. The summed E-state index contributed by atoms with van der Waals surface area (Å²) in [5.74, 6) is 0.483. The Bertz CT molecular complexity index is 401. The van der Waals surface area contributed by atoms with E-state index in [-0.39, 0.29) is 24.5 Å². The maximum Gasteiger partial charge on any atom is 0.224 e. The molecule has 0 aliphatic rings. The zero-order chi connectivity index (χ0) is 12.7. The molecule has 0 aliphatic heterocycles. The Morgan fingerprint density at radius 3 is 2.59 bits per heavy atom. The van der Waals surface area contributed by atoms with Gasteiger partial charge in [-0.2, -0.15) is 0 Å². The largest absolute Gasteiger partial charge is 0.492 e. The Balaban J connectivity index is 2.61. The molecule has 0 saturated heterocycles. The van der Waals surface area contributed by atoms with E-state index in [1.54, 1.807) is 12.1 Å². The summed E-state index contributed by atoms with van der Waals surface area (Å²) in [7, 11) is 0. The second kappa shape index (κ2) is 6.68. The van der Waals surface area contributed by atoms with Crippen molar-refractivity contribution in [3.8, 4) is 5.75 Å². The molecule has 0 radical (unpaired) electrons. The van der Waals surface area contributed by atoms with Crippen LogP contribution < -0.4 is 10.1 Å². The Labute approximate surface area is 101 Å². The van der Waals surface area contributed by atoms with Crippen LogP contribution in [-0.2, 0) is 9.59 Å². The van der Waals surface area contributed by atoms with E-state index >= 15 is 0 Å². The molecule has 0 saturated carbocycles. The van der Waals surface area contributed by atoms with Gasteiger partial charge in [0.25, 0.3) is 0 Å². The highest BCUT2D eigenvalue weighted by molar-refractivity contribution is 5.94. The Kier molecular flexibility index (Phi) is 5.20. The number of para-hydroxylation sites is 2. The lowest BCUT2D eigenvalue weighted by Crippen LogP contribution is -2.13. The molecule has 17 heavy (non-hydrogen) atoms. The zero-order valence-electron chi connectivity index (χ0n) is 10.2. The van der Waals surface area contributed by atoms with Gasteiger partial charge in [0.1, 0.15) is 11.5 Å². The lowest BCUT2D eigenvalue weighted by Gasteiger charge is -2.10. The van der Waals surface area contributed by atoms with Crippen molar-refractivity contribution >= 4 is 17.4 Å². The summed E-state index contributed by atoms with van der Waals surface area (Å²) >= 11 is 0. The number of carbonyl (C=O) groups excluding carboxylic acids is 2. The molecule has 92 valence electrons. The van der Waals surface area contributed by atoms with Crippen molar-refractivity contribution < 1.29 is 14.3 Å². The summed E-state index contributed by atoms with van der Waals surface area (Å²) in [5.41, 5.74) is 0.642. The van der Waals surface area contributed by atoms with Crippen LogP contribution >= 0.6 is 0 Å². The summed E-state index contributed by atoms with van der Waals surface area (Å²) in [6.45, 7) is 3.90. The highest BCUT2D eigenvalue weighted by atomic mass is 16.5. The van der Waals surface area contributed by atoms with E-state index in [4.69, 9.17) is 4.74 Å². The Morgan fingerprint density at radius 2 is 1.94 bits per heavy atom. The van der Waals surface area contributed by atoms with Crippen LogP contribution in [0.15, 0.2) is 24.3 Å². The van der Waals surface area contributed by atoms with Crippen LogP contribution in [0.3, 0.4) is 0 Å². The van der Waals surface area contributed by atoms with Gasteiger partial charge in [0.05, 0.1) is 12.3 Å². The summed E-state index contributed by atoms with van der Waals surface area (Å²) < 4.78 is 5.38. The minimum atomic E-state index is -0.174.